The second kappa shape index (κ2) is 8.44. The van der Waals surface area contributed by atoms with Crippen molar-refractivity contribution < 1.29 is 9.59 Å². The van der Waals surface area contributed by atoms with Gasteiger partial charge < -0.3 is 15.1 Å². The first-order valence-corrected chi connectivity index (χ1v) is 8.25. The lowest BCUT2D eigenvalue weighted by Crippen LogP contribution is -2.52. The van der Waals surface area contributed by atoms with Gasteiger partial charge in [-0.05, 0) is 19.1 Å². The van der Waals surface area contributed by atoms with Gasteiger partial charge in [0.25, 0.3) is 0 Å². The summed E-state index contributed by atoms with van der Waals surface area (Å²) in [5.74, 6) is 0.406. The summed E-state index contributed by atoms with van der Waals surface area (Å²) >= 11 is 0. The Kier molecular flexibility index (Phi) is 6.31. The second-order valence-corrected chi connectivity index (χ2v) is 6.27. The predicted octanol–water partition coefficient (Wildman–Crippen LogP) is -0.332. The summed E-state index contributed by atoms with van der Waals surface area (Å²) < 4.78 is 0. The first kappa shape index (κ1) is 18.7. The summed E-state index contributed by atoms with van der Waals surface area (Å²) in [6, 6.07) is 5.13. The first-order chi connectivity index (χ1) is 11.9. The van der Waals surface area contributed by atoms with E-state index in [0.717, 1.165) is 0 Å². The third-order valence-corrected chi connectivity index (χ3v) is 4.13. The Morgan fingerprint density at radius 3 is 2.64 bits per heavy atom. The van der Waals surface area contributed by atoms with Crippen molar-refractivity contribution in [2.75, 3.05) is 51.7 Å². The standard InChI is InChI=1S/C17H24N6O2/c1-13(17(25)21(2)3)20-15(24)12-22-7-9-23(10-8-22)16-14(11-18)5-4-6-19-16/h4-6,13H,7-10,12H2,1-3H3,(H,20,24). The molecule has 0 aromatic carbocycles. The van der Waals surface area contributed by atoms with E-state index in [2.05, 4.69) is 21.3 Å². The normalized spacial score (nSPS) is 16.0. The van der Waals surface area contributed by atoms with Gasteiger partial charge >= 0.3 is 0 Å². The van der Waals surface area contributed by atoms with Crippen molar-refractivity contribution in [3.05, 3.63) is 23.9 Å². The molecule has 8 nitrogen and oxygen atoms in total. The van der Waals surface area contributed by atoms with E-state index < -0.39 is 6.04 Å². The molecule has 0 aliphatic carbocycles. The molecule has 1 aromatic rings. The molecule has 25 heavy (non-hydrogen) atoms. The van der Waals surface area contributed by atoms with Gasteiger partial charge in [-0.25, -0.2) is 4.98 Å². The molecule has 0 bridgehead atoms. The van der Waals surface area contributed by atoms with Gasteiger partial charge in [-0.1, -0.05) is 0 Å². The van der Waals surface area contributed by atoms with Gasteiger partial charge in [-0.3, -0.25) is 14.5 Å². The van der Waals surface area contributed by atoms with Crippen LogP contribution in [0.15, 0.2) is 18.3 Å². The van der Waals surface area contributed by atoms with Crippen LogP contribution in [0.2, 0.25) is 0 Å². The van der Waals surface area contributed by atoms with E-state index in [4.69, 9.17) is 0 Å². The molecule has 1 atom stereocenters. The maximum atomic E-state index is 12.1. The Morgan fingerprint density at radius 1 is 1.36 bits per heavy atom. The molecular formula is C17H24N6O2. The molecule has 134 valence electrons. The molecule has 8 heteroatoms. The minimum absolute atomic E-state index is 0.127. The van der Waals surface area contributed by atoms with Crippen LogP contribution in [0.1, 0.15) is 12.5 Å². The maximum Gasteiger partial charge on any atom is 0.244 e. The van der Waals surface area contributed by atoms with E-state index in [1.165, 1.54) is 4.90 Å². The Bertz CT molecular complexity index is 661. The highest BCUT2D eigenvalue weighted by atomic mass is 16.2. The molecule has 1 unspecified atom stereocenters. The smallest absolute Gasteiger partial charge is 0.244 e. The fourth-order valence-electron chi connectivity index (χ4n) is 2.79. The number of pyridine rings is 1. The van der Waals surface area contributed by atoms with Crippen molar-refractivity contribution in [2.45, 2.75) is 13.0 Å². The molecule has 0 spiro atoms. The summed E-state index contributed by atoms with van der Waals surface area (Å²) in [5.41, 5.74) is 0.560. The minimum atomic E-state index is -0.532. The number of piperazine rings is 1. The van der Waals surface area contributed by atoms with Crippen LogP contribution in [-0.2, 0) is 9.59 Å². The van der Waals surface area contributed by atoms with E-state index in [0.29, 0.717) is 37.6 Å². The number of nitrogens with one attached hydrogen (secondary N) is 1. The van der Waals surface area contributed by atoms with Crippen LogP contribution in [0.4, 0.5) is 5.82 Å². The van der Waals surface area contributed by atoms with Crippen LogP contribution in [0, 0.1) is 11.3 Å². The van der Waals surface area contributed by atoms with Gasteiger partial charge in [-0.2, -0.15) is 5.26 Å². The number of nitriles is 1. The summed E-state index contributed by atoms with van der Waals surface area (Å²) in [7, 11) is 3.33. The second-order valence-electron chi connectivity index (χ2n) is 6.27. The molecule has 2 amide bonds. The highest BCUT2D eigenvalue weighted by Crippen LogP contribution is 2.17. The highest BCUT2D eigenvalue weighted by molar-refractivity contribution is 5.87. The van der Waals surface area contributed by atoms with Crippen molar-refractivity contribution in [3.63, 3.8) is 0 Å². The van der Waals surface area contributed by atoms with Crippen LogP contribution in [0.3, 0.4) is 0 Å². The third kappa shape index (κ3) is 4.90. The Labute approximate surface area is 148 Å². The number of amides is 2. The number of hydrogen-bond acceptors (Lipinski definition) is 6. The van der Waals surface area contributed by atoms with Crippen LogP contribution < -0.4 is 10.2 Å². The van der Waals surface area contributed by atoms with Crippen molar-refractivity contribution in [3.8, 4) is 6.07 Å². The quantitative estimate of drug-likeness (QED) is 0.786. The van der Waals surface area contributed by atoms with E-state index in [1.54, 1.807) is 39.3 Å². The Balaban J connectivity index is 1.83. The fraction of sp³-hybridized carbons (Fsp3) is 0.529. The average molecular weight is 344 g/mol. The van der Waals surface area contributed by atoms with Crippen molar-refractivity contribution >= 4 is 17.6 Å². The maximum absolute atomic E-state index is 12.1. The molecule has 2 heterocycles. The molecule has 1 aliphatic rings. The van der Waals surface area contributed by atoms with E-state index in [1.807, 2.05) is 4.90 Å². The number of aromatic nitrogens is 1. The number of anilines is 1. The third-order valence-electron chi connectivity index (χ3n) is 4.13. The zero-order valence-electron chi connectivity index (χ0n) is 14.9. The SMILES string of the molecule is CC(NC(=O)CN1CCN(c2ncccc2C#N)CC1)C(=O)N(C)C. The van der Waals surface area contributed by atoms with Gasteiger partial charge in [-0.15, -0.1) is 0 Å². The minimum Gasteiger partial charge on any atom is -0.353 e. The van der Waals surface area contributed by atoms with Gasteiger partial charge in [0.2, 0.25) is 11.8 Å². The van der Waals surface area contributed by atoms with Gasteiger partial charge in [0, 0.05) is 46.5 Å². The lowest BCUT2D eigenvalue weighted by molar-refractivity contribution is -0.134. The van der Waals surface area contributed by atoms with Crippen molar-refractivity contribution in [1.29, 1.82) is 5.26 Å². The molecule has 1 saturated heterocycles. The average Bonchev–Trinajstić information content (AvgIpc) is 2.61. The molecule has 0 saturated carbocycles. The molecule has 1 N–H and O–H groups in total. The summed E-state index contributed by atoms with van der Waals surface area (Å²) in [6.07, 6.45) is 1.68. The summed E-state index contributed by atoms with van der Waals surface area (Å²) in [4.78, 5) is 33.8. The number of likely N-dealkylation sites (N-methyl/N-ethyl adjacent to an activating group) is 1. The molecule has 1 aromatic heterocycles. The van der Waals surface area contributed by atoms with Gasteiger partial charge in [0.1, 0.15) is 17.9 Å². The zero-order chi connectivity index (χ0) is 18.4. The zero-order valence-corrected chi connectivity index (χ0v) is 14.9. The molecule has 2 rings (SSSR count). The molecular weight excluding hydrogens is 320 g/mol. The van der Waals surface area contributed by atoms with Gasteiger partial charge in [0.15, 0.2) is 0 Å². The lowest BCUT2D eigenvalue weighted by Gasteiger charge is -2.35. The van der Waals surface area contributed by atoms with E-state index in [9.17, 15) is 14.9 Å². The summed E-state index contributed by atoms with van der Waals surface area (Å²) in [5, 5.41) is 11.9. The molecule has 1 aliphatic heterocycles. The predicted molar refractivity (Wildman–Crippen MR) is 93.9 cm³/mol. The van der Waals surface area contributed by atoms with Crippen molar-refractivity contribution in [1.82, 2.24) is 20.1 Å². The highest BCUT2D eigenvalue weighted by Gasteiger charge is 2.23. The number of hydrogen-bond donors (Lipinski definition) is 1. The molecule has 1 fully saturated rings. The fourth-order valence-corrected chi connectivity index (χ4v) is 2.79. The first-order valence-electron chi connectivity index (χ1n) is 8.25. The lowest BCUT2D eigenvalue weighted by atomic mass is 10.2. The number of rotatable bonds is 5. The van der Waals surface area contributed by atoms with Crippen LogP contribution in [-0.4, -0.2) is 79.5 Å². The number of nitrogens with zero attached hydrogens (tertiary/aromatic N) is 5. The Hall–Kier alpha value is -2.66. The van der Waals surface area contributed by atoms with Crippen LogP contribution in [0.25, 0.3) is 0 Å². The van der Waals surface area contributed by atoms with E-state index in [-0.39, 0.29) is 18.4 Å². The van der Waals surface area contributed by atoms with Crippen LogP contribution in [0.5, 0.6) is 0 Å². The molecule has 0 radical (unpaired) electrons. The van der Waals surface area contributed by atoms with Gasteiger partial charge in [0.05, 0.1) is 12.1 Å². The van der Waals surface area contributed by atoms with Crippen molar-refractivity contribution in [2.24, 2.45) is 0 Å². The topological polar surface area (TPSA) is 92.6 Å². The number of carbonyl (C=O) groups is 2. The van der Waals surface area contributed by atoms with E-state index >= 15 is 0 Å². The number of carbonyl (C=O) groups excluding carboxylic acids is 2. The Morgan fingerprint density at radius 2 is 2.04 bits per heavy atom. The van der Waals surface area contributed by atoms with Crippen LogP contribution >= 0.6 is 0 Å². The largest absolute Gasteiger partial charge is 0.353 e. The summed E-state index contributed by atoms with van der Waals surface area (Å²) in [6.45, 7) is 4.74. The monoisotopic (exact) mass is 344 g/mol.